The monoisotopic (exact) mass is 193 g/mol. The second kappa shape index (κ2) is 3.06. The first-order valence-electron chi connectivity index (χ1n) is 3.96. The number of tetrazole rings is 1. The van der Waals surface area contributed by atoms with Gasteiger partial charge in [-0.3, -0.25) is 0 Å². The van der Waals surface area contributed by atoms with Gasteiger partial charge in [-0.05, 0) is 28.6 Å². The van der Waals surface area contributed by atoms with Crippen molar-refractivity contribution in [2.24, 2.45) is 7.05 Å². The molecule has 0 unspecified atom stereocenters. The van der Waals surface area contributed by atoms with Crippen molar-refractivity contribution in [2.45, 2.75) is 0 Å². The summed E-state index contributed by atoms with van der Waals surface area (Å²) in [5.74, 6) is 0.0826. The van der Waals surface area contributed by atoms with Gasteiger partial charge in [0.2, 0.25) is 0 Å². The highest BCUT2D eigenvalue weighted by Gasteiger charge is 2.10. The number of aryl methyl sites for hydroxylation is 1. The molecule has 0 fully saturated rings. The van der Waals surface area contributed by atoms with Crippen LogP contribution in [0.1, 0.15) is 0 Å². The van der Waals surface area contributed by atoms with E-state index in [1.54, 1.807) is 7.05 Å². The van der Waals surface area contributed by atoms with Crippen molar-refractivity contribution in [2.75, 3.05) is 5.73 Å². The van der Waals surface area contributed by atoms with Crippen molar-refractivity contribution < 1.29 is 4.39 Å². The number of aromatic nitrogens is 4. The van der Waals surface area contributed by atoms with Crippen LogP contribution in [0.4, 0.5) is 10.1 Å². The van der Waals surface area contributed by atoms with E-state index in [4.69, 9.17) is 5.73 Å². The number of hydrogen-bond donors (Lipinski definition) is 1. The van der Waals surface area contributed by atoms with Crippen LogP contribution in [0.5, 0.6) is 0 Å². The molecule has 0 spiro atoms. The van der Waals surface area contributed by atoms with Gasteiger partial charge in [0.15, 0.2) is 5.82 Å². The third kappa shape index (κ3) is 1.30. The lowest BCUT2D eigenvalue weighted by molar-refractivity contribution is 0.628. The normalized spacial score (nSPS) is 10.4. The number of benzene rings is 1. The molecular weight excluding hydrogens is 185 g/mol. The summed E-state index contributed by atoms with van der Waals surface area (Å²) in [6.07, 6.45) is 0. The second-order valence-electron chi connectivity index (χ2n) is 2.86. The molecule has 1 aromatic carbocycles. The van der Waals surface area contributed by atoms with E-state index < -0.39 is 0 Å². The zero-order chi connectivity index (χ0) is 10.1. The molecule has 0 saturated carbocycles. The first kappa shape index (κ1) is 8.61. The van der Waals surface area contributed by atoms with Gasteiger partial charge in [-0.15, -0.1) is 5.10 Å². The number of hydrogen-bond acceptors (Lipinski definition) is 4. The van der Waals surface area contributed by atoms with Gasteiger partial charge in [0.1, 0.15) is 5.82 Å². The molecule has 1 aromatic heterocycles. The van der Waals surface area contributed by atoms with Crippen molar-refractivity contribution in [3.05, 3.63) is 24.0 Å². The van der Waals surface area contributed by atoms with E-state index in [2.05, 4.69) is 15.5 Å². The van der Waals surface area contributed by atoms with Crippen molar-refractivity contribution in [3.63, 3.8) is 0 Å². The predicted molar refractivity (Wildman–Crippen MR) is 48.6 cm³/mol. The summed E-state index contributed by atoms with van der Waals surface area (Å²) in [5.41, 5.74) is 6.62. The zero-order valence-corrected chi connectivity index (χ0v) is 7.48. The summed E-state index contributed by atoms with van der Waals surface area (Å²) < 4.78 is 14.4. The summed E-state index contributed by atoms with van der Waals surface area (Å²) in [4.78, 5) is 0. The molecule has 0 atom stereocenters. The molecular formula is C8H8FN5. The zero-order valence-electron chi connectivity index (χ0n) is 7.48. The first-order valence-corrected chi connectivity index (χ1v) is 3.96. The van der Waals surface area contributed by atoms with Crippen molar-refractivity contribution in [1.29, 1.82) is 0 Å². The van der Waals surface area contributed by atoms with Crippen LogP contribution >= 0.6 is 0 Å². The van der Waals surface area contributed by atoms with E-state index in [1.165, 1.54) is 22.9 Å². The number of nitrogen functional groups attached to an aromatic ring is 1. The number of anilines is 1. The molecule has 72 valence electrons. The van der Waals surface area contributed by atoms with E-state index >= 15 is 0 Å². The van der Waals surface area contributed by atoms with Gasteiger partial charge in [0.25, 0.3) is 0 Å². The van der Waals surface area contributed by atoms with Crippen molar-refractivity contribution in [3.8, 4) is 11.4 Å². The highest BCUT2D eigenvalue weighted by atomic mass is 19.1. The summed E-state index contributed by atoms with van der Waals surface area (Å²) in [6, 6.07) is 4.09. The maximum Gasteiger partial charge on any atom is 0.183 e. The Morgan fingerprint density at radius 1 is 1.43 bits per heavy atom. The Morgan fingerprint density at radius 2 is 2.21 bits per heavy atom. The highest BCUT2D eigenvalue weighted by Crippen LogP contribution is 2.23. The molecule has 5 nitrogen and oxygen atoms in total. The number of halogens is 1. The fourth-order valence-corrected chi connectivity index (χ4v) is 1.18. The Morgan fingerprint density at radius 3 is 2.86 bits per heavy atom. The molecule has 0 saturated heterocycles. The van der Waals surface area contributed by atoms with Crippen LogP contribution in [-0.4, -0.2) is 20.2 Å². The van der Waals surface area contributed by atoms with Crippen LogP contribution in [0.3, 0.4) is 0 Å². The molecule has 0 bridgehead atoms. The lowest BCUT2D eigenvalue weighted by atomic mass is 10.1. The Balaban J connectivity index is 2.62. The minimum atomic E-state index is -0.364. The molecule has 2 aromatic rings. The largest absolute Gasteiger partial charge is 0.398 e. The number of nitrogens with zero attached hydrogens (tertiary/aromatic N) is 4. The molecule has 0 amide bonds. The van der Waals surface area contributed by atoms with Gasteiger partial charge >= 0.3 is 0 Å². The maximum atomic E-state index is 12.9. The molecule has 0 aliphatic carbocycles. The maximum absolute atomic E-state index is 12.9. The third-order valence-corrected chi connectivity index (χ3v) is 1.88. The van der Waals surface area contributed by atoms with Gasteiger partial charge < -0.3 is 5.73 Å². The molecule has 14 heavy (non-hydrogen) atoms. The molecule has 2 N–H and O–H groups in total. The Kier molecular flexibility index (Phi) is 1.88. The van der Waals surface area contributed by atoms with Gasteiger partial charge in [-0.25, -0.2) is 9.07 Å². The lowest BCUT2D eigenvalue weighted by Crippen LogP contribution is -1.98. The van der Waals surface area contributed by atoms with Crippen molar-refractivity contribution >= 4 is 5.69 Å². The molecule has 0 radical (unpaired) electrons. The molecule has 2 rings (SSSR count). The fourth-order valence-electron chi connectivity index (χ4n) is 1.18. The summed E-state index contributed by atoms with van der Waals surface area (Å²) in [7, 11) is 1.67. The minimum Gasteiger partial charge on any atom is -0.398 e. The standard InChI is InChI=1S/C8H8FN5/c1-14-8(11-12-13-14)6-4-5(9)2-3-7(6)10/h2-4H,10H2,1H3. The van der Waals surface area contributed by atoms with Crippen molar-refractivity contribution in [1.82, 2.24) is 20.2 Å². The van der Waals surface area contributed by atoms with Crippen LogP contribution < -0.4 is 5.73 Å². The van der Waals surface area contributed by atoms with Crippen LogP contribution in [0.25, 0.3) is 11.4 Å². The van der Waals surface area contributed by atoms with Crippen LogP contribution in [0.2, 0.25) is 0 Å². The molecule has 1 heterocycles. The molecule has 0 aliphatic rings. The van der Waals surface area contributed by atoms with E-state index in [9.17, 15) is 4.39 Å². The number of rotatable bonds is 1. The van der Waals surface area contributed by atoms with Crippen LogP contribution in [0.15, 0.2) is 18.2 Å². The van der Waals surface area contributed by atoms with Gasteiger partial charge in [0.05, 0.1) is 0 Å². The minimum absolute atomic E-state index is 0.364. The smallest absolute Gasteiger partial charge is 0.183 e. The summed E-state index contributed by atoms with van der Waals surface area (Å²) in [5, 5.41) is 10.8. The average molecular weight is 193 g/mol. The van der Waals surface area contributed by atoms with Gasteiger partial charge in [0, 0.05) is 18.3 Å². The Hall–Kier alpha value is -1.98. The first-order chi connectivity index (χ1) is 6.68. The Bertz CT molecular complexity index is 465. The Labute approximate surface area is 79.3 Å². The van der Waals surface area contributed by atoms with E-state index in [0.29, 0.717) is 17.1 Å². The lowest BCUT2D eigenvalue weighted by Gasteiger charge is -2.02. The molecule has 6 heteroatoms. The van der Waals surface area contributed by atoms with Gasteiger partial charge in [-0.1, -0.05) is 0 Å². The third-order valence-electron chi connectivity index (χ3n) is 1.88. The summed E-state index contributed by atoms with van der Waals surface area (Å²) >= 11 is 0. The quantitative estimate of drug-likeness (QED) is 0.673. The van der Waals surface area contributed by atoms with Gasteiger partial charge in [-0.2, -0.15) is 0 Å². The number of nitrogens with two attached hydrogens (primary N) is 1. The topological polar surface area (TPSA) is 69.6 Å². The fraction of sp³-hybridized carbons (Fsp3) is 0.125. The van der Waals surface area contributed by atoms with Crippen LogP contribution in [0, 0.1) is 5.82 Å². The summed E-state index contributed by atoms with van der Waals surface area (Å²) in [6.45, 7) is 0. The van der Waals surface area contributed by atoms with E-state index in [1.807, 2.05) is 0 Å². The van der Waals surface area contributed by atoms with E-state index in [0.717, 1.165) is 0 Å². The highest BCUT2D eigenvalue weighted by molar-refractivity contribution is 5.71. The molecule has 0 aliphatic heterocycles. The predicted octanol–water partition coefficient (Wildman–Crippen LogP) is 0.598. The second-order valence-corrected chi connectivity index (χ2v) is 2.86. The SMILES string of the molecule is Cn1nnnc1-c1cc(F)ccc1N. The van der Waals surface area contributed by atoms with E-state index in [-0.39, 0.29) is 5.82 Å². The average Bonchev–Trinajstić information content (AvgIpc) is 2.56. The van der Waals surface area contributed by atoms with Crippen LogP contribution in [-0.2, 0) is 7.05 Å².